The van der Waals surface area contributed by atoms with Crippen molar-refractivity contribution >= 4 is 23.5 Å². The molecule has 0 radical (unpaired) electrons. The van der Waals surface area contributed by atoms with Gasteiger partial charge >= 0.3 is 5.97 Å². The minimum Gasteiger partial charge on any atom is -0.481 e. The molecule has 2 unspecified atom stereocenters. The Morgan fingerprint density at radius 2 is 1.79 bits per heavy atom. The van der Waals surface area contributed by atoms with Crippen LogP contribution in [0.25, 0.3) is 11.1 Å². The third kappa shape index (κ3) is 3.56. The van der Waals surface area contributed by atoms with Gasteiger partial charge in [0.05, 0.1) is 6.42 Å². The van der Waals surface area contributed by atoms with E-state index in [0.29, 0.717) is 24.7 Å². The molecule has 2 aliphatic rings. The molecule has 3 heterocycles. The van der Waals surface area contributed by atoms with Crippen molar-refractivity contribution in [3.8, 4) is 11.1 Å². The first-order valence-electron chi connectivity index (χ1n) is 9.41. The number of hydrogen-bond acceptors (Lipinski definition) is 3. The zero-order valence-corrected chi connectivity index (χ0v) is 16.1. The maximum atomic E-state index is 12.5. The summed E-state index contributed by atoms with van der Waals surface area (Å²) in [5.74, 6) is -0.830. The van der Waals surface area contributed by atoms with E-state index in [0.717, 1.165) is 23.2 Å². The van der Waals surface area contributed by atoms with Crippen LogP contribution < -0.4 is 5.56 Å². The highest BCUT2D eigenvalue weighted by Gasteiger charge is 2.37. The van der Waals surface area contributed by atoms with Gasteiger partial charge in [0.1, 0.15) is 0 Å². The number of benzene rings is 1. The lowest BCUT2D eigenvalue weighted by Gasteiger charge is -2.43. The summed E-state index contributed by atoms with van der Waals surface area (Å²) in [6.45, 7) is 1.67. The summed E-state index contributed by atoms with van der Waals surface area (Å²) in [6, 6.07) is 11.0. The number of carboxylic acid groups (broad SMARTS) is 1. The van der Waals surface area contributed by atoms with Gasteiger partial charge in [-0.3, -0.25) is 14.4 Å². The quantitative estimate of drug-likeness (QED) is 0.855. The number of nitrogens with zero attached hydrogens (tertiary/aromatic N) is 2. The number of aromatic nitrogens is 1. The summed E-state index contributed by atoms with van der Waals surface area (Å²) in [7, 11) is 0. The monoisotopic (exact) mass is 400 g/mol. The summed E-state index contributed by atoms with van der Waals surface area (Å²) in [5, 5.41) is 9.50. The van der Waals surface area contributed by atoms with Crippen molar-refractivity contribution < 1.29 is 14.7 Å². The molecule has 2 aromatic rings. The predicted molar refractivity (Wildman–Crippen MR) is 105 cm³/mol. The lowest BCUT2D eigenvalue weighted by molar-refractivity contribution is -0.141. The third-order valence-electron chi connectivity index (χ3n) is 5.65. The highest BCUT2D eigenvalue weighted by atomic mass is 35.5. The first-order chi connectivity index (χ1) is 13.4. The fourth-order valence-electron chi connectivity index (χ4n) is 4.46. The molecule has 2 aliphatic heterocycles. The highest BCUT2D eigenvalue weighted by Crippen LogP contribution is 2.40. The van der Waals surface area contributed by atoms with Gasteiger partial charge in [-0.1, -0.05) is 23.7 Å². The normalized spacial score (nSPS) is 20.5. The van der Waals surface area contributed by atoms with Crippen molar-refractivity contribution in [3.63, 3.8) is 0 Å². The predicted octanol–water partition coefficient (Wildman–Crippen LogP) is 2.98. The highest BCUT2D eigenvalue weighted by molar-refractivity contribution is 6.30. The fourth-order valence-corrected chi connectivity index (χ4v) is 4.59. The number of rotatable bonds is 4. The first kappa shape index (κ1) is 18.7. The molecule has 0 aliphatic carbocycles. The van der Waals surface area contributed by atoms with E-state index in [9.17, 15) is 14.4 Å². The van der Waals surface area contributed by atoms with Crippen LogP contribution in [0.15, 0.2) is 41.2 Å². The molecule has 6 nitrogen and oxygen atoms in total. The Bertz CT molecular complexity index is 983. The number of halogens is 1. The second-order valence-corrected chi connectivity index (χ2v) is 8.02. The number of fused-ring (bicyclic) bond motifs is 4. The molecule has 1 fully saturated rings. The second-order valence-electron chi connectivity index (χ2n) is 7.58. The molecular weight excluding hydrogens is 380 g/mol. The summed E-state index contributed by atoms with van der Waals surface area (Å²) in [6.07, 6.45) is 0.782. The van der Waals surface area contributed by atoms with Crippen molar-refractivity contribution in [1.29, 1.82) is 0 Å². The largest absolute Gasteiger partial charge is 0.481 e. The van der Waals surface area contributed by atoms with Gasteiger partial charge in [0, 0.05) is 54.3 Å². The molecule has 0 spiro atoms. The Labute approximate surface area is 167 Å². The van der Waals surface area contributed by atoms with Crippen molar-refractivity contribution in [2.75, 3.05) is 13.1 Å². The van der Waals surface area contributed by atoms with E-state index >= 15 is 0 Å². The van der Waals surface area contributed by atoms with Crippen molar-refractivity contribution in [3.05, 3.63) is 57.5 Å². The molecular formula is C21H21ClN2O4. The van der Waals surface area contributed by atoms with Gasteiger partial charge in [-0.15, -0.1) is 0 Å². The van der Waals surface area contributed by atoms with E-state index in [4.69, 9.17) is 16.7 Å². The van der Waals surface area contributed by atoms with Crippen LogP contribution in [0.1, 0.15) is 30.9 Å². The zero-order valence-electron chi connectivity index (χ0n) is 15.3. The van der Waals surface area contributed by atoms with Gasteiger partial charge in [-0.05, 0) is 36.1 Å². The number of carbonyl (C=O) groups excluding carboxylic acids is 1. The van der Waals surface area contributed by atoms with Crippen molar-refractivity contribution in [2.45, 2.75) is 31.7 Å². The van der Waals surface area contributed by atoms with Crippen LogP contribution in [0.2, 0.25) is 5.02 Å². The Morgan fingerprint density at radius 3 is 2.50 bits per heavy atom. The molecule has 2 bridgehead atoms. The molecule has 2 atom stereocenters. The maximum Gasteiger partial charge on any atom is 0.303 e. The summed E-state index contributed by atoms with van der Waals surface area (Å²) < 4.78 is 1.85. The molecule has 1 aromatic carbocycles. The Balaban J connectivity index is 1.68. The number of piperidine rings is 1. The molecule has 1 amide bonds. The topological polar surface area (TPSA) is 79.6 Å². The van der Waals surface area contributed by atoms with Crippen LogP contribution in [0, 0.1) is 5.92 Å². The number of pyridine rings is 1. The first-order valence-corrected chi connectivity index (χ1v) is 9.79. The zero-order chi connectivity index (χ0) is 19.8. The average Bonchev–Trinajstić information content (AvgIpc) is 2.67. The molecule has 1 aromatic heterocycles. The number of hydrogen-bond donors (Lipinski definition) is 1. The van der Waals surface area contributed by atoms with Gasteiger partial charge in [0.15, 0.2) is 0 Å². The Kier molecular flexibility index (Phi) is 4.98. The SMILES string of the molecule is O=C(O)CCC(=O)N1CC2CC(C1)c1c(-c3ccc(Cl)cc3)ccc(=O)n1C2. The van der Waals surface area contributed by atoms with Gasteiger partial charge in [0.2, 0.25) is 5.91 Å². The smallest absolute Gasteiger partial charge is 0.303 e. The number of amides is 1. The van der Waals surface area contributed by atoms with Crippen LogP contribution in [0.5, 0.6) is 0 Å². The van der Waals surface area contributed by atoms with Crippen molar-refractivity contribution in [2.24, 2.45) is 5.92 Å². The molecule has 146 valence electrons. The molecule has 1 saturated heterocycles. The number of carboxylic acids is 1. The van der Waals surface area contributed by atoms with Crippen LogP contribution in [-0.2, 0) is 16.1 Å². The van der Waals surface area contributed by atoms with E-state index in [1.807, 2.05) is 34.9 Å². The molecule has 0 saturated carbocycles. The van der Waals surface area contributed by atoms with Crippen LogP contribution in [-0.4, -0.2) is 39.5 Å². The van der Waals surface area contributed by atoms with E-state index in [2.05, 4.69) is 0 Å². The average molecular weight is 401 g/mol. The number of likely N-dealkylation sites (tertiary alicyclic amines) is 1. The minimum absolute atomic E-state index is 0.0143. The summed E-state index contributed by atoms with van der Waals surface area (Å²) >= 11 is 6.02. The Morgan fingerprint density at radius 1 is 1.04 bits per heavy atom. The lowest BCUT2D eigenvalue weighted by atomic mass is 9.80. The van der Waals surface area contributed by atoms with Crippen LogP contribution in [0.4, 0.5) is 0 Å². The minimum atomic E-state index is -0.965. The third-order valence-corrected chi connectivity index (χ3v) is 5.90. The maximum absolute atomic E-state index is 12.5. The Hall–Kier alpha value is -2.60. The van der Waals surface area contributed by atoms with Gasteiger partial charge in [-0.2, -0.15) is 0 Å². The van der Waals surface area contributed by atoms with Crippen molar-refractivity contribution in [1.82, 2.24) is 9.47 Å². The summed E-state index contributed by atoms with van der Waals surface area (Å²) in [5.41, 5.74) is 2.91. The number of carbonyl (C=O) groups is 2. The van der Waals surface area contributed by atoms with E-state index in [1.54, 1.807) is 11.0 Å². The van der Waals surface area contributed by atoms with E-state index < -0.39 is 5.97 Å². The van der Waals surface area contributed by atoms with Gasteiger partial charge in [0.25, 0.3) is 5.56 Å². The van der Waals surface area contributed by atoms with E-state index in [1.165, 1.54) is 0 Å². The van der Waals surface area contributed by atoms with Crippen LogP contribution >= 0.6 is 11.6 Å². The molecule has 1 N–H and O–H groups in total. The van der Waals surface area contributed by atoms with E-state index in [-0.39, 0.29) is 36.1 Å². The molecule has 4 rings (SSSR count). The lowest BCUT2D eigenvalue weighted by Crippen LogP contribution is -2.49. The molecule has 28 heavy (non-hydrogen) atoms. The molecule has 7 heteroatoms. The second kappa shape index (κ2) is 7.43. The summed E-state index contributed by atoms with van der Waals surface area (Å²) in [4.78, 5) is 37.6. The standard InChI is InChI=1S/C21H21ClN2O4/c22-16-3-1-14(2-4-16)17-5-6-19(26)24-11-13-9-15(21(17)24)12-23(10-13)18(25)7-8-20(27)28/h1-6,13,15H,7-12H2,(H,27,28). The van der Waals surface area contributed by atoms with Gasteiger partial charge in [-0.25, -0.2) is 0 Å². The van der Waals surface area contributed by atoms with Crippen LogP contribution in [0.3, 0.4) is 0 Å². The van der Waals surface area contributed by atoms with Gasteiger partial charge < -0.3 is 14.6 Å². The number of aliphatic carboxylic acids is 1. The fraction of sp³-hybridized carbons (Fsp3) is 0.381.